The smallest absolute Gasteiger partial charge is 0.185 e. The fourth-order valence-electron chi connectivity index (χ4n) is 4.84. The van der Waals surface area contributed by atoms with Crippen molar-refractivity contribution in [1.82, 2.24) is 24.7 Å². The van der Waals surface area contributed by atoms with Gasteiger partial charge >= 0.3 is 0 Å². The molecule has 152 valence electrons. The second kappa shape index (κ2) is 7.71. The highest BCUT2D eigenvalue weighted by Crippen LogP contribution is 2.28. The maximum absolute atomic E-state index is 13.3. The lowest BCUT2D eigenvalue weighted by atomic mass is 10.0. The Balaban J connectivity index is 1.33. The van der Waals surface area contributed by atoms with E-state index in [-0.39, 0.29) is 5.82 Å². The van der Waals surface area contributed by atoms with Crippen molar-refractivity contribution in [3.05, 3.63) is 42.2 Å². The van der Waals surface area contributed by atoms with Gasteiger partial charge in [-0.1, -0.05) is 12.8 Å². The first-order valence-electron chi connectivity index (χ1n) is 10.6. The number of rotatable bonds is 4. The van der Waals surface area contributed by atoms with E-state index in [1.165, 1.54) is 50.7 Å². The summed E-state index contributed by atoms with van der Waals surface area (Å²) in [5.74, 6) is 1.32. The summed E-state index contributed by atoms with van der Waals surface area (Å²) in [7, 11) is 2.31. The Kier molecular flexibility index (Phi) is 4.91. The molecule has 1 aliphatic carbocycles. The first kappa shape index (κ1) is 18.5. The summed E-state index contributed by atoms with van der Waals surface area (Å²) in [6.07, 6.45) is 7.81. The van der Waals surface area contributed by atoms with Crippen LogP contribution in [-0.2, 0) is 0 Å². The molecule has 2 fully saturated rings. The lowest BCUT2D eigenvalue weighted by Gasteiger charge is -2.39. The standard InChI is InChI=1S/C22H27FN6/c1-27(18-4-2-3-5-18)19-12-14-28(15-13-19)21-11-10-20-24-25-22(29(20)26-21)16-6-8-17(23)9-7-16/h6-11,18-19H,2-5,12-15H2,1H3. The van der Waals surface area contributed by atoms with Crippen LogP contribution in [-0.4, -0.2) is 56.9 Å². The molecule has 5 rings (SSSR count). The van der Waals surface area contributed by atoms with Gasteiger partial charge in [-0.2, -0.15) is 4.52 Å². The van der Waals surface area contributed by atoms with Crippen LogP contribution in [0.25, 0.3) is 17.0 Å². The van der Waals surface area contributed by atoms with Crippen molar-refractivity contribution in [3.63, 3.8) is 0 Å². The number of nitrogens with zero attached hydrogens (tertiary/aromatic N) is 6. The molecule has 29 heavy (non-hydrogen) atoms. The second-order valence-corrected chi connectivity index (χ2v) is 8.31. The van der Waals surface area contributed by atoms with Crippen molar-refractivity contribution in [2.75, 3.05) is 25.0 Å². The summed E-state index contributed by atoms with van der Waals surface area (Å²) in [5.41, 5.74) is 1.50. The van der Waals surface area contributed by atoms with Gasteiger partial charge in [0.25, 0.3) is 0 Å². The third-order valence-electron chi connectivity index (χ3n) is 6.62. The van der Waals surface area contributed by atoms with Crippen molar-refractivity contribution in [2.24, 2.45) is 0 Å². The Hall–Kier alpha value is -2.54. The van der Waals surface area contributed by atoms with Gasteiger partial charge in [0.1, 0.15) is 11.6 Å². The fourth-order valence-corrected chi connectivity index (χ4v) is 4.84. The number of fused-ring (bicyclic) bond motifs is 1. The molecule has 2 aliphatic rings. The predicted octanol–water partition coefficient (Wildman–Crippen LogP) is 3.77. The quantitative estimate of drug-likeness (QED) is 0.674. The SMILES string of the molecule is CN(C1CCCC1)C1CCN(c2ccc3nnc(-c4ccc(F)cc4)n3n2)CC1. The van der Waals surface area contributed by atoms with Crippen molar-refractivity contribution in [1.29, 1.82) is 0 Å². The predicted molar refractivity (Wildman–Crippen MR) is 111 cm³/mol. The largest absolute Gasteiger partial charge is 0.355 e. The molecule has 0 amide bonds. The molecule has 0 bridgehead atoms. The van der Waals surface area contributed by atoms with Crippen LogP contribution in [0, 0.1) is 5.82 Å². The maximum atomic E-state index is 13.3. The number of piperidine rings is 1. The lowest BCUT2D eigenvalue weighted by molar-refractivity contribution is 0.150. The lowest BCUT2D eigenvalue weighted by Crippen LogP contribution is -2.46. The van der Waals surface area contributed by atoms with E-state index in [0.29, 0.717) is 17.5 Å². The van der Waals surface area contributed by atoms with E-state index < -0.39 is 0 Å². The summed E-state index contributed by atoms with van der Waals surface area (Å²) < 4.78 is 15.0. The van der Waals surface area contributed by atoms with Crippen LogP contribution in [0.15, 0.2) is 36.4 Å². The number of benzene rings is 1. The fraction of sp³-hybridized carbons (Fsp3) is 0.500. The van der Waals surface area contributed by atoms with Gasteiger partial charge in [-0.15, -0.1) is 15.3 Å². The van der Waals surface area contributed by atoms with Crippen LogP contribution in [0.4, 0.5) is 10.2 Å². The zero-order chi connectivity index (χ0) is 19.8. The molecule has 0 unspecified atom stereocenters. The van der Waals surface area contributed by atoms with E-state index in [9.17, 15) is 4.39 Å². The van der Waals surface area contributed by atoms with Crippen molar-refractivity contribution in [3.8, 4) is 11.4 Å². The van der Waals surface area contributed by atoms with Gasteiger partial charge < -0.3 is 9.80 Å². The Morgan fingerprint density at radius 3 is 2.31 bits per heavy atom. The van der Waals surface area contributed by atoms with Crippen LogP contribution >= 0.6 is 0 Å². The highest BCUT2D eigenvalue weighted by molar-refractivity contribution is 5.59. The monoisotopic (exact) mass is 394 g/mol. The average Bonchev–Trinajstić information content (AvgIpc) is 3.44. The van der Waals surface area contributed by atoms with Gasteiger partial charge in [0.05, 0.1) is 0 Å². The first-order chi connectivity index (χ1) is 14.2. The summed E-state index contributed by atoms with van der Waals surface area (Å²) >= 11 is 0. The van der Waals surface area contributed by atoms with Crippen LogP contribution in [0.2, 0.25) is 0 Å². The Labute approximate surface area is 170 Å². The molecule has 3 heterocycles. The molecule has 2 aromatic heterocycles. The van der Waals surface area contributed by atoms with Crippen LogP contribution in [0.3, 0.4) is 0 Å². The Morgan fingerprint density at radius 2 is 1.59 bits per heavy atom. The summed E-state index contributed by atoms with van der Waals surface area (Å²) in [6.45, 7) is 2.02. The summed E-state index contributed by atoms with van der Waals surface area (Å²) in [6, 6.07) is 11.7. The number of halogens is 1. The molecule has 3 aromatic rings. The highest BCUT2D eigenvalue weighted by Gasteiger charge is 2.29. The molecule has 1 aliphatic heterocycles. The van der Waals surface area contributed by atoms with E-state index in [1.807, 2.05) is 12.1 Å². The minimum absolute atomic E-state index is 0.262. The topological polar surface area (TPSA) is 49.6 Å². The van der Waals surface area contributed by atoms with Crippen LogP contribution in [0.1, 0.15) is 38.5 Å². The highest BCUT2D eigenvalue weighted by atomic mass is 19.1. The van der Waals surface area contributed by atoms with E-state index in [1.54, 1.807) is 16.6 Å². The molecule has 6 nitrogen and oxygen atoms in total. The average molecular weight is 394 g/mol. The number of hydrogen-bond donors (Lipinski definition) is 0. The third kappa shape index (κ3) is 3.59. The second-order valence-electron chi connectivity index (χ2n) is 8.31. The summed E-state index contributed by atoms with van der Waals surface area (Å²) in [5, 5.41) is 13.3. The van der Waals surface area contributed by atoms with Crippen LogP contribution in [0.5, 0.6) is 0 Å². The Morgan fingerprint density at radius 1 is 0.897 bits per heavy atom. The molecule has 1 saturated carbocycles. The molecule has 0 radical (unpaired) electrons. The van der Waals surface area contributed by atoms with Crippen LogP contribution < -0.4 is 4.90 Å². The van der Waals surface area contributed by atoms with Gasteiger partial charge in [-0.05, 0) is 69.1 Å². The third-order valence-corrected chi connectivity index (χ3v) is 6.62. The molecule has 0 spiro atoms. The molecule has 1 saturated heterocycles. The Bertz CT molecular complexity index is 971. The van der Waals surface area contributed by atoms with Crippen molar-refractivity contribution in [2.45, 2.75) is 50.6 Å². The van der Waals surface area contributed by atoms with E-state index in [4.69, 9.17) is 5.10 Å². The van der Waals surface area contributed by atoms with Gasteiger partial charge in [0.15, 0.2) is 11.5 Å². The van der Waals surface area contributed by atoms with Crippen molar-refractivity contribution < 1.29 is 4.39 Å². The normalized spacial score (nSPS) is 18.9. The molecule has 0 atom stereocenters. The molecule has 0 N–H and O–H groups in total. The maximum Gasteiger partial charge on any atom is 0.185 e. The first-order valence-corrected chi connectivity index (χ1v) is 10.6. The molecular weight excluding hydrogens is 367 g/mol. The van der Waals surface area contributed by atoms with Crippen molar-refractivity contribution >= 4 is 11.5 Å². The minimum Gasteiger partial charge on any atom is -0.355 e. The zero-order valence-electron chi connectivity index (χ0n) is 16.8. The molecule has 1 aromatic carbocycles. The number of hydrogen-bond acceptors (Lipinski definition) is 5. The number of aromatic nitrogens is 4. The van der Waals surface area contributed by atoms with E-state index in [0.717, 1.165) is 30.5 Å². The summed E-state index contributed by atoms with van der Waals surface area (Å²) in [4.78, 5) is 4.99. The van der Waals surface area contributed by atoms with E-state index in [2.05, 4.69) is 27.0 Å². The number of anilines is 1. The van der Waals surface area contributed by atoms with Gasteiger partial charge in [0.2, 0.25) is 0 Å². The van der Waals surface area contributed by atoms with Gasteiger partial charge in [0, 0.05) is 30.7 Å². The molecular formula is C22H27FN6. The van der Waals surface area contributed by atoms with E-state index >= 15 is 0 Å². The zero-order valence-corrected chi connectivity index (χ0v) is 16.8. The molecule has 7 heteroatoms. The minimum atomic E-state index is -0.262. The van der Waals surface area contributed by atoms with Gasteiger partial charge in [-0.3, -0.25) is 0 Å². The van der Waals surface area contributed by atoms with Gasteiger partial charge in [-0.25, -0.2) is 4.39 Å².